The summed E-state index contributed by atoms with van der Waals surface area (Å²) in [7, 11) is 2.83. The summed E-state index contributed by atoms with van der Waals surface area (Å²) in [5.41, 5.74) is 7.11. The van der Waals surface area contributed by atoms with Crippen molar-refractivity contribution in [2.75, 3.05) is 14.2 Å². The van der Waals surface area contributed by atoms with Crippen LogP contribution in [0.25, 0.3) is 0 Å². The number of pyridine rings is 1. The molecule has 0 aliphatic carbocycles. The minimum atomic E-state index is -0.524. The Bertz CT molecular complexity index is 456. The zero-order valence-electron chi connectivity index (χ0n) is 9.97. The maximum atomic E-state index is 11.4. The van der Waals surface area contributed by atoms with E-state index in [1.165, 1.54) is 13.2 Å². The van der Waals surface area contributed by atoms with Gasteiger partial charge in [0.1, 0.15) is 5.69 Å². The summed E-state index contributed by atoms with van der Waals surface area (Å²) >= 11 is 0. The van der Waals surface area contributed by atoms with Crippen molar-refractivity contribution in [2.45, 2.75) is 6.92 Å². The number of amidine groups is 1. The summed E-state index contributed by atoms with van der Waals surface area (Å²) in [5.74, 6) is 5.03. The first-order valence-corrected chi connectivity index (χ1v) is 4.84. The van der Waals surface area contributed by atoms with Crippen molar-refractivity contribution < 1.29 is 9.53 Å². The first-order chi connectivity index (χ1) is 7.93. The molecular weight excluding hydrogens is 222 g/mol. The van der Waals surface area contributed by atoms with E-state index in [0.717, 1.165) is 5.12 Å². The molecule has 7 heteroatoms. The Morgan fingerprint density at radius 1 is 1.53 bits per heavy atom. The summed E-state index contributed by atoms with van der Waals surface area (Å²) in [5, 5.41) is 4.93. The van der Waals surface area contributed by atoms with Crippen molar-refractivity contribution in [3.63, 3.8) is 0 Å². The highest BCUT2D eigenvalue weighted by molar-refractivity contribution is 5.99. The third-order valence-electron chi connectivity index (χ3n) is 1.91. The van der Waals surface area contributed by atoms with Gasteiger partial charge >= 0.3 is 5.97 Å². The van der Waals surface area contributed by atoms with E-state index in [4.69, 9.17) is 11.6 Å². The molecule has 0 aromatic carbocycles. The Hall–Kier alpha value is -2.15. The number of nitrogens with zero attached hydrogens (tertiary/aromatic N) is 3. The molecular formula is C10H15N5O2. The van der Waals surface area contributed by atoms with Crippen molar-refractivity contribution in [1.82, 2.24) is 10.1 Å². The smallest absolute Gasteiger partial charge is 0.356 e. The van der Waals surface area contributed by atoms with Gasteiger partial charge in [0.15, 0.2) is 5.84 Å². The lowest BCUT2D eigenvalue weighted by atomic mass is 10.2. The Morgan fingerprint density at radius 2 is 2.18 bits per heavy atom. The van der Waals surface area contributed by atoms with E-state index in [-0.39, 0.29) is 11.5 Å². The number of hydrazine groups is 1. The second-order valence-corrected chi connectivity index (χ2v) is 3.43. The molecule has 4 N–H and O–H groups in total. The van der Waals surface area contributed by atoms with Gasteiger partial charge in [0.25, 0.3) is 0 Å². The maximum Gasteiger partial charge on any atom is 0.356 e. The molecule has 0 spiro atoms. The average Bonchev–Trinajstić information content (AvgIpc) is 2.26. The van der Waals surface area contributed by atoms with E-state index in [9.17, 15) is 4.79 Å². The van der Waals surface area contributed by atoms with Gasteiger partial charge in [-0.15, -0.1) is 5.10 Å². The molecule has 0 saturated carbocycles. The van der Waals surface area contributed by atoms with Crippen molar-refractivity contribution in [1.29, 1.82) is 0 Å². The van der Waals surface area contributed by atoms with Crippen LogP contribution in [0.5, 0.6) is 0 Å². The number of rotatable bonds is 3. The van der Waals surface area contributed by atoms with E-state index >= 15 is 0 Å². The summed E-state index contributed by atoms with van der Waals surface area (Å²) in [4.78, 5) is 15.4. The van der Waals surface area contributed by atoms with Gasteiger partial charge < -0.3 is 10.5 Å². The number of ether oxygens (including phenoxy) is 1. The topological polar surface area (TPSA) is 107 Å². The van der Waals surface area contributed by atoms with Gasteiger partial charge in [-0.2, -0.15) is 0 Å². The number of methoxy groups -OCH3 is 1. The molecule has 1 rings (SSSR count). The number of nitrogens with two attached hydrogens (primary N) is 2. The highest BCUT2D eigenvalue weighted by atomic mass is 16.5. The summed E-state index contributed by atoms with van der Waals surface area (Å²) < 4.78 is 4.59. The number of hydrogen-bond acceptors (Lipinski definition) is 6. The maximum absolute atomic E-state index is 11.4. The van der Waals surface area contributed by atoms with Gasteiger partial charge in [-0.1, -0.05) is 0 Å². The van der Waals surface area contributed by atoms with Crippen LogP contribution in [0.2, 0.25) is 0 Å². The molecule has 0 fully saturated rings. The van der Waals surface area contributed by atoms with Crippen LogP contribution in [0.4, 0.5) is 0 Å². The first kappa shape index (κ1) is 12.9. The van der Waals surface area contributed by atoms with E-state index in [2.05, 4.69) is 14.8 Å². The number of carbonyl (C=O) groups excluding carboxylic acids is 1. The predicted octanol–water partition coefficient (Wildman–Crippen LogP) is -0.398. The average molecular weight is 237 g/mol. The van der Waals surface area contributed by atoms with Gasteiger partial charge in [-0.05, 0) is 19.1 Å². The van der Waals surface area contributed by atoms with Crippen LogP contribution >= 0.6 is 0 Å². The number of hydrogen-bond donors (Lipinski definition) is 2. The lowest BCUT2D eigenvalue weighted by Gasteiger charge is -2.08. The minimum absolute atomic E-state index is 0.181. The van der Waals surface area contributed by atoms with Gasteiger partial charge in [-0.3, -0.25) is 0 Å². The number of hydrazone groups is 1. The molecule has 0 unspecified atom stereocenters. The second kappa shape index (κ2) is 5.26. The van der Waals surface area contributed by atoms with Gasteiger partial charge in [0.2, 0.25) is 0 Å². The molecule has 0 saturated heterocycles. The van der Waals surface area contributed by atoms with Gasteiger partial charge in [0.05, 0.1) is 7.11 Å². The van der Waals surface area contributed by atoms with Crippen LogP contribution in [0.1, 0.15) is 21.7 Å². The third kappa shape index (κ3) is 3.42. The lowest BCUT2D eigenvalue weighted by molar-refractivity contribution is 0.0594. The zero-order chi connectivity index (χ0) is 13.0. The molecule has 0 bridgehead atoms. The molecule has 0 aliphatic rings. The fraction of sp³-hybridized carbons (Fsp3) is 0.300. The van der Waals surface area contributed by atoms with Crippen LogP contribution in [0.15, 0.2) is 17.2 Å². The third-order valence-corrected chi connectivity index (χ3v) is 1.91. The molecule has 7 nitrogen and oxygen atoms in total. The molecule has 1 heterocycles. The van der Waals surface area contributed by atoms with E-state index < -0.39 is 5.97 Å². The second-order valence-electron chi connectivity index (χ2n) is 3.43. The largest absolute Gasteiger partial charge is 0.464 e. The van der Waals surface area contributed by atoms with Crippen LogP contribution in [0, 0.1) is 6.92 Å². The summed E-state index contributed by atoms with van der Waals surface area (Å²) in [6.07, 6.45) is 0. The van der Waals surface area contributed by atoms with Crippen LogP contribution in [-0.2, 0) is 4.74 Å². The summed E-state index contributed by atoms with van der Waals surface area (Å²) in [6, 6.07) is 3.20. The normalized spacial score (nSPS) is 11.2. The highest BCUT2D eigenvalue weighted by Gasteiger charge is 2.11. The van der Waals surface area contributed by atoms with Crippen LogP contribution < -0.4 is 11.6 Å². The Morgan fingerprint density at radius 3 is 2.71 bits per heavy atom. The lowest BCUT2D eigenvalue weighted by Crippen LogP contribution is -2.26. The fourth-order valence-electron chi connectivity index (χ4n) is 1.25. The molecule has 1 aromatic rings. The van der Waals surface area contributed by atoms with E-state index in [0.29, 0.717) is 11.3 Å². The van der Waals surface area contributed by atoms with E-state index in [1.54, 1.807) is 20.0 Å². The van der Waals surface area contributed by atoms with Crippen molar-refractivity contribution >= 4 is 11.8 Å². The van der Waals surface area contributed by atoms with Crippen molar-refractivity contribution in [2.24, 2.45) is 16.7 Å². The molecule has 1 aromatic heterocycles. The predicted molar refractivity (Wildman–Crippen MR) is 63.0 cm³/mol. The Kier molecular flexibility index (Phi) is 4.00. The molecule has 0 atom stereocenters. The quantitative estimate of drug-likeness (QED) is 0.243. The Balaban J connectivity index is 3.18. The molecule has 17 heavy (non-hydrogen) atoms. The van der Waals surface area contributed by atoms with Crippen LogP contribution in [-0.4, -0.2) is 36.1 Å². The standard InChI is InChI=1S/C10H15N5O2/c1-6-4-7(9(11)14-15(2)12)5-8(13-6)10(16)17-3/h4-5H,12H2,1-3H3,(H2,11,14). The summed E-state index contributed by atoms with van der Waals surface area (Å²) in [6.45, 7) is 1.75. The minimum Gasteiger partial charge on any atom is -0.464 e. The molecule has 0 amide bonds. The Labute approximate surface area is 99.0 Å². The zero-order valence-corrected chi connectivity index (χ0v) is 9.97. The van der Waals surface area contributed by atoms with Gasteiger partial charge in [0, 0.05) is 18.3 Å². The first-order valence-electron chi connectivity index (χ1n) is 4.84. The SMILES string of the molecule is COC(=O)c1cc(/C(N)=N/N(C)N)cc(C)n1. The number of esters is 1. The highest BCUT2D eigenvalue weighted by Crippen LogP contribution is 2.07. The van der Waals surface area contributed by atoms with Gasteiger partial charge in [-0.25, -0.2) is 20.7 Å². The van der Waals surface area contributed by atoms with Crippen molar-refractivity contribution in [3.8, 4) is 0 Å². The number of aryl methyl sites for hydroxylation is 1. The van der Waals surface area contributed by atoms with Crippen molar-refractivity contribution in [3.05, 3.63) is 29.1 Å². The molecule has 92 valence electrons. The molecule has 0 aliphatic heterocycles. The number of carbonyl (C=O) groups is 1. The monoisotopic (exact) mass is 237 g/mol. The van der Waals surface area contributed by atoms with E-state index in [1.807, 2.05) is 0 Å². The molecule has 0 radical (unpaired) electrons. The fourth-order valence-corrected chi connectivity index (χ4v) is 1.25. The number of aromatic nitrogens is 1. The van der Waals surface area contributed by atoms with Crippen LogP contribution in [0.3, 0.4) is 0 Å².